The summed E-state index contributed by atoms with van der Waals surface area (Å²) in [7, 11) is -4.67. The Kier molecular flexibility index (Phi) is 5.63. The first-order valence-corrected chi connectivity index (χ1v) is 9.88. The zero-order valence-corrected chi connectivity index (χ0v) is 15.7. The average Bonchev–Trinajstić information content (AvgIpc) is 3.24. The van der Waals surface area contributed by atoms with Gasteiger partial charge in [-0.25, -0.2) is 9.69 Å². The van der Waals surface area contributed by atoms with E-state index in [-0.39, 0.29) is 25.9 Å². The van der Waals surface area contributed by atoms with E-state index in [0.717, 1.165) is 0 Å². The fourth-order valence-electron chi connectivity index (χ4n) is 2.86. The molecule has 10 nitrogen and oxygen atoms in total. The minimum absolute atomic E-state index is 0.0107. The lowest BCUT2D eigenvalue weighted by Crippen LogP contribution is -2.59. The van der Waals surface area contributed by atoms with Crippen molar-refractivity contribution in [3.05, 3.63) is 0 Å². The van der Waals surface area contributed by atoms with Crippen molar-refractivity contribution in [3.63, 3.8) is 0 Å². The molecule has 3 amide bonds. The summed E-state index contributed by atoms with van der Waals surface area (Å²) in [5.41, 5.74) is -1.21. The molecule has 11 heteroatoms. The molecule has 0 spiro atoms. The van der Waals surface area contributed by atoms with E-state index in [0.29, 0.717) is 11.5 Å². The van der Waals surface area contributed by atoms with Crippen LogP contribution in [0.3, 0.4) is 0 Å². The molecule has 2 aliphatic rings. The predicted molar refractivity (Wildman–Crippen MR) is 85.7 cm³/mol. The minimum atomic E-state index is -4.67. The molecule has 1 atom stereocenters. The van der Waals surface area contributed by atoms with Gasteiger partial charge in [-0.2, -0.15) is 0 Å². The van der Waals surface area contributed by atoms with Crippen LogP contribution >= 0.6 is 7.60 Å². The predicted octanol–water partition coefficient (Wildman–Crippen LogP) is 0.332. The summed E-state index contributed by atoms with van der Waals surface area (Å²) in [5.74, 6) is -2.80. The molecule has 0 radical (unpaired) electrons. The van der Waals surface area contributed by atoms with Gasteiger partial charge >= 0.3 is 13.6 Å². The molecule has 144 valence electrons. The molecule has 2 aliphatic heterocycles. The first-order chi connectivity index (χ1) is 11.5. The van der Waals surface area contributed by atoms with Gasteiger partial charge in [0.15, 0.2) is 0 Å². The SMILES string of the molecule is CCOC(CP(=O)(O)O)(OCC)N1C(=O)N(CC2CO2)C(C)(C)C1=O. The smallest absolute Gasteiger partial charge is 0.333 e. The first-order valence-electron chi connectivity index (χ1n) is 8.09. The quantitative estimate of drug-likeness (QED) is 0.253. The van der Waals surface area contributed by atoms with E-state index in [1.54, 1.807) is 27.7 Å². The number of carbonyl (C=O) groups excluding carboxylic acids is 2. The van der Waals surface area contributed by atoms with Gasteiger partial charge in [0.2, 0.25) is 0 Å². The van der Waals surface area contributed by atoms with E-state index < -0.39 is 37.1 Å². The highest BCUT2D eigenvalue weighted by Crippen LogP contribution is 2.44. The maximum Gasteiger partial charge on any atom is 0.333 e. The van der Waals surface area contributed by atoms with Crippen LogP contribution in [-0.2, 0) is 23.6 Å². The van der Waals surface area contributed by atoms with E-state index in [9.17, 15) is 23.9 Å². The molecule has 2 rings (SSSR count). The summed E-state index contributed by atoms with van der Waals surface area (Å²) >= 11 is 0. The number of rotatable bonds is 9. The summed E-state index contributed by atoms with van der Waals surface area (Å²) in [6.45, 7) is 6.98. The molecule has 2 N–H and O–H groups in total. The van der Waals surface area contributed by atoms with E-state index in [4.69, 9.17) is 14.2 Å². The van der Waals surface area contributed by atoms with Gasteiger partial charge in [0.1, 0.15) is 11.7 Å². The van der Waals surface area contributed by atoms with E-state index in [1.165, 1.54) is 4.90 Å². The fraction of sp³-hybridized carbons (Fsp3) is 0.857. The Balaban J connectivity index is 2.45. The van der Waals surface area contributed by atoms with Crippen LogP contribution in [0.5, 0.6) is 0 Å². The molecule has 25 heavy (non-hydrogen) atoms. The highest BCUT2D eigenvalue weighted by Gasteiger charge is 2.61. The molecular weight excluding hydrogens is 355 g/mol. The maximum atomic E-state index is 12.9. The number of nitrogens with zero attached hydrogens (tertiary/aromatic N) is 2. The maximum absolute atomic E-state index is 12.9. The van der Waals surface area contributed by atoms with Crippen molar-refractivity contribution in [1.82, 2.24) is 9.80 Å². The monoisotopic (exact) mass is 380 g/mol. The van der Waals surface area contributed by atoms with Gasteiger partial charge in [0, 0.05) is 13.2 Å². The second-order valence-corrected chi connectivity index (χ2v) is 8.10. The lowest BCUT2D eigenvalue weighted by molar-refractivity contribution is -0.278. The van der Waals surface area contributed by atoms with Crippen LogP contribution in [0.1, 0.15) is 27.7 Å². The topological polar surface area (TPSA) is 129 Å². The van der Waals surface area contributed by atoms with Crippen molar-refractivity contribution in [1.29, 1.82) is 0 Å². The number of epoxide rings is 1. The molecule has 1 unspecified atom stereocenters. The average molecular weight is 380 g/mol. The van der Waals surface area contributed by atoms with Gasteiger partial charge in [-0.05, 0) is 27.7 Å². The van der Waals surface area contributed by atoms with Crippen LogP contribution in [-0.4, -0.2) is 81.6 Å². The molecule has 0 aromatic carbocycles. The molecule has 0 aromatic heterocycles. The Morgan fingerprint density at radius 3 is 2.20 bits per heavy atom. The van der Waals surface area contributed by atoms with Crippen LogP contribution < -0.4 is 0 Å². The van der Waals surface area contributed by atoms with E-state index >= 15 is 0 Å². The number of hydrogen-bond acceptors (Lipinski definition) is 6. The zero-order chi connectivity index (χ0) is 19.0. The second-order valence-electron chi connectivity index (χ2n) is 6.45. The van der Waals surface area contributed by atoms with Crippen LogP contribution in [0.25, 0.3) is 0 Å². The van der Waals surface area contributed by atoms with Crippen LogP contribution in [0.4, 0.5) is 4.79 Å². The molecule has 0 bridgehead atoms. The molecule has 0 saturated carbocycles. The number of amides is 3. The molecule has 0 aliphatic carbocycles. The normalized spacial score (nSPS) is 23.5. The Labute approximate surface area is 146 Å². The Morgan fingerprint density at radius 2 is 1.80 bits per heavy atom. The molecule has 0 aromatic rings. The largest absolute Gasteiger partial charge is 0.371 e. The van der Waals surface area contributed by atoms with Gasteiger partial charge in [0.05, 0.1) is 19.3 Å². The van der Waals surface area contributed by atoms with Crippen molar-refractivity contribution in [2.24, 2.45) is 0 Å². The van der Waals surface area contributed by atoms with Gasteiger partial charge in [-0.15, -0.1) is 0 Å². The molecule has 2 saturated heterocycles. The second kappa shape index (κ2) is 6.94. The number of hydrogen-bond donors (Lipinski definition) is 2. The van der Waals surface area contributed by atoms with Gasteiger partial charge in [-0.1, -0.05) is 0 Å². The van der Waals surface area contributed by atoms with E-state index in [2.05, 4.69) is 0 Å². The highest BCUT2D eigenvalue weighted by molar-refractivity contribution is 7.51. The third-order valence-corrected chi connectivity index (χ3v) is 4.91. The number of urea groups is 1. The van der Waals surface area contributed by atoms with Gasteiger partial charge < -0.3 is 28.9 Å². The number of ether oxygens (including phenoxy) is 3. The van der Waals surface area contributed by atoms with Crippen LogP contribution in [0.2, 0.25) is 0 Å². The Morgan fingerprint density at radius 1 is 1.28 bits per heavy atom. The lowest BCUT2D eigenvalue weighted by atomic mass is 10.0. The fourth-order valence-corrected chi connectivity index (χ4v) is 3.71. The summed E-state index contributed by atoms with van der Waals surface area (Å²) in [6, 6.07) is -0.721. The summed E-state index contributed by atoms with van der Waals surface area (Å²) in [6.07, 6.45) is -1.09. The number of carbonyl (C=O) groups is 2. The lowest BCUT2D eigenvalue weighted by Gasteiger charge is -2.38. The van der Waals surface area contributed by atoms with Crippen molar-refractivity contribution in [2.45, 2.75) is 45.2 Å². The van der Waals surface area contributed by atoms with Crippen molar-refractivity contribution >= 4 is 19.5 Å². The van der Waals surface area contributed by atoms with Crippen molar-refractivity contribution in [2.75, 3.05) is 32.5 Å². The highest BCUT2D eigenvalue weighted by atomic mass is 31.2. The summed E-state index contributed by atoms with van der Waals surface area (Å²) < 4.78 is 27.7. The summed E-state index contributed by atoms with van der Waals surface area (Å²) in [4.78, 5) is 46.8. The van der Waals surface area contributed by atoms with Crippen LogP contribution in [0.15, 0.2) is 0 Å². The minimum Gasteiger partial charge on any atom is -0.371 e. The van der Waals surface area contributed by atoms with Gasteiger partial charge in [0.25, 0.3) is 11.8 Å². The van der Waals surface area contributed by atoms with Crippen LogP contribution in [0, 0.1) is 0 Å². The third kappa shape index (κ3) is 4.05. The number of imide groups is 1. The Hall–Kier alpha value is -1.03. The zero-order valence-electron chi connectivity index (χ0n) is 14.8. The van der Waals surface area contributed by atoms with E-state index in [1.807, 2.05) is 0 Å². The van der Waals surface area contributed by atoms with Crippen molar-refractivity contribution in [3.8, 4) is 0 Å². The molecular formula is C14H25N2O8P. The van der Waals surface area contributed by atoms with Gasteiger partial charge in [-0.3, -0.25) is 9.36 Å². The third-order valence-electron chi connectivity index (χ3n) is 4.10. The standard InChI is InChI=1S/C14H25N2O8P/c1-5-23-14(24-6-2,9-25(19,20)21)16-11(17)13(3,4)15(12(16)18)7-10-8-22-10/h10H,5-9H2,1-4H3,(H2,19,20,21). The first kappa shape index (κ1) is 20.3. The Bertz CT molecular complexity index is 579. The van der Waals surface area contributed by atoms with Crippen molar-refractivity contribution < 1.29 is 38.2 Å². The molecule has 2 fully saturated rings. The summed E-state index contributed by atoms with van der Waals surface area (Å²) in [5, 5.41) is 0. The molecule has 2 heterocycles.